The molecule has 4 rings (SSSR count). The average molecular weight is 427 g/mol. The number of aromatic nitrogens is 3. The lowest BCUT2D eigenvalue weighted by atomic mass is 10.0. The first-order chi connectivity index (χ1) is 15.5. The lowest BCUT2D eigenvalue weighted by molar-refractivity contribution is -0.718. The van der Waals surface area contributed by atoms with E-state index in [4.69, 9.17) is 0 Å². The summed E-state index contributed by atoms with van der Waals surface area (Å²) in [6, 6.07) is 23.9. The van der Waals surface area contributed by atoms with Gasteiger partial charge in [-0.2, -0.15) is 5.10 Å². The zero-order valence-electron chi connectivity index (χ0n) is 18.6. The van der Waals surface area contributed by atoms with E-state index in [0.717, 1.165) is 33.6 Å². The fourth-order valence-corrected chi connectivity index (χ4v) is 3.76. The molecule has 0 unspecified atom stereocenters. The molecule has 1 amide bonds. The quantitative estimate of drug-likeness (QED) is 0.471. The predicted molar refractivity (Wildman–Crippen MR) is 125 cm³/mol. The Kier molecular flexibility index (Phi) is 6.42. The van der Waals surface area contributed by atoms with Crippen LogP contribution in [0.25, 0.3) is 5.69 Å². The van der Waals surface area contributed by atoms with E-state index >= 15 is 0 Å². The fraction of sp³-hybridized carbons (Fsp3) is 0.192. The van der Waals surface area contributed by atoms with Crippen LogP contribution in [0.4, 0.5) is 5.69 Å². The molecule has 0 aliphatic heterocycles. The van der Waals surface area contributed by atoms with Crippen molar-refractivity contribution < 1.29 is 10.1 Å². The number of amides is 1. The van der Waals surface area contributed by atoms with Crippen LogP contribution in [0.2, 0.25) is 0 Å². The molecule has 0 radical (unpaired) electrons. The summed E-state index contributed by atoms with van der Waals surface area (Å²) in [5.74, 6) is -0.0315. The van der Waals surface area contributed by atoms with Crippen LogP contribution in [0.15, 0.2) is 85.5 Å². The molecule has 162 valence electrons. The van der Waals surface area contributed by atoms with Crippen LogP contribution < -0.4 is 10.6 Å². The van der Waals surface area contributed by atoms with E-state index in [0.29, 0.717) is 0 Å². The van der Waals surface area contributed by atoms with Crippen LogP contribution in [-0.2, 0) is 4.79 Å². The highest BCUT2D eigenvalue weighted by Crippen LogP contribution is 2.20. The van der Waals surface area contributed by atoms with Crippen LogP contribution >= 0.6 is 0 Å². The number of carbonyl (C=O) groups is 1. The van der Waals surface area contributed by atoms with Crippen molar-refractivity contribution in [2.24, 2.45) is 0 Å². The third kappa shape index (κ3) is 4.92. The van der Waals surface area contributed by atoms with E-state index in [2.05, 4.69) is 45.8 Å². The topological polar surface area (TPSA) is 76.4 Å². The molecule has 32 heavy (non-hydrogen) atoms. The van der Waals surface area contributed by atoms with Crippen molar-refractivity contribution in [1.82, 2.24) is 14.8 Å². The van der Waals surface area contributed by atoms with Gasteiger partial charge in [0.15, 0.2) is 6.04 Å². The summed E-state index contributed by atoms with van der Waals surface area (Å²) in [4.78, 5) is 17.4. The number of carbonyl (C=O) groups excluding carboxylic acids is 1. The molecule has 1 aromatic heterocycles. The molecular formula is C26H28N5O+. The van der Waals surface area contributed by atoms with Gasteiger partial charge in [-0.25, -0.2) is 9.67 Å². The number of aryl methyl sites for hydroxylation is 2. The van der Waals surface area contributed by atoms with Gasteiger partial charge in [-0.3, -0.25) is 4.79 Å². The molecule has 0 saturated carbocycles. The van der Waals surface area contributed by atoms with Crippen LogP contribution in [0.3, 0.4) is 0 Å². The first-order valence-corrected chi connectivity index (χ1v) is 10.7. The second-order valence-electron chi connectivity index (χ2n) is 8.11. The van der Waals surface area contributed by atoms with Gasteiger partial charge >= 0.3 is 0 Å². The number of rotatable bonds is 7. The monoisotopic (exact) mass is 426 g/mol. The van der Waals surface area contributed by atoms with Crippen LogP contribution in [0, 0.1) is 13.8 Å². The molecular weight excluding hydrogens is 398 g/mol. The Morgan fingerprint density at radius 2 is 1.72 bits per heavy atom. The molecule has 0 spiro atoms. The average Bonchev–Trinajstić information content (AvgIpc) is 3.35. The van der Waals surface area contributed by atoms with Crippen molar-refractivity contribution in [1.29, 1.82) is 0 Å². The Morgan fingerprint density at radius 1 is 0.969 bits per heavy atom. The highest BCUT2D eigenvalue weighted by atomic mass is 16.2. The maximum absolute atomic E-state index is 13.4. The fourth-order valence-electron chi connectivity index (χ4n) is 3.76. The minimum absolute atomic E-state index is 0.0315. The van der Waals surface area contributed by atoms with Gasteiger partial charge in [0.1, 0.15) is 18.7 Å². The highest BCUT2D eigenvalue weighted by Gasteiger charge is 2.27. The molecule has 0 aliphatic rings. The van der Waals surface area contributed by atoms with Crippen molar-refractivity contribution in [2.75, 3.05) is 5.32 Å². The van der Waals surface area contributed by atoms with E-state index in [1.54, 1.807) is 11.0 Å². The second kappa shape index (κ2) is 9.58. The number of hydrogen-bond donors (Lipinski definition) is 2. The van der Waals surface area contributed by atoms with Gasteiger partial charge in [-0.15, -0.1) is 0 Å². The largest absolute Gasteiger partial charge is 0.326 e. The van der Waals surface area contributed by atoms with Crippen molar-refractivity contribution in [3.63, 3.8) is 0 Å². The Hall–Kier alpha value is -3.77. The standard InChI is InChI=1S/C26H27N5O/c1-18-9-10-19(2)24(15-18)30-26(32)25(22-7-5-4-6-8-22)29-20(3)21-11-13-23(14-12-21)31-17-27-16-28-31/h4-17,20,25,29H,1-3H3,(H,30,32)/p+1/t20-,25-/m0/s1. The maximum Gasteiger partial charge on any atom is 0.287 e. The van der Waals surface area contributed by atoms with E-state index in [9.17, 15) is 4.79 Å². The Labute approximate surface area is 188 Å². The lowest BCUT2D eigenvalue weighted by Gasteiger charge is -2.21. The van der Waals surface area contributed by atoms with E-state index in [1.807, 2.05) is 68.4 Å². The predicted octanol–water partition coefficient (Wildman–Crippen LogP) is 3.89. The van der Waals surface area contributed by atoms with Gasteiger partial charge in [0.2, 0.25) is 0 Å². The maximum atomic E-state index is 13.4. The zero-order valence-corrected chi connectivity index (χ0v) is 18.6. The van der Waals surface area contributed by atoms with Gasteiger partial charge in [0.05, 0.1) is 5.69 Å². The van der Waals surface area contributed by atoms with E-state index < -0.39 is 0 Å². The SMILES string of the molecule is Cc1ccc(C)c(NC(=O)[C@@H]([NH2+][C@@H](C)c2ccc(-n3cncn3)cc2)c2ccccc2)c1. The molecule has 6 heteroatoms. The van der Waals surface area contributed by atoms with Gasteiger partial charge in [-0.1, -0.05) is 54.6 Å². The van der Waals surface area contributed by atoms with Crippen LogP contribution in [0.5, 0.6) is 0 Å². The lowest BCUT2D eigenvalue weighted by Crippen LogP contribution is -2.87. The summed E-state index contributed by atoms with van der Waals surface area (Å²) in [7, 11) is 0. The molecule has 2 atom stereocenters. The summed E-state index contributed by atoms with van der Waals surface area (Å²) < 4.78 is 1.72. The molecule has 0 fully saturated rings. The Bertz CT molecular complexity index is 1170. The normalized spacial score (nSPS) is 12.8. The van der Waals surface area contributed by atoms with Crippen LogP contribution in [0.1, 0.15) is 41.3 Å². The summed E-state index contributed by atoms with van der Waals surface area (Å²) in [6.45, 7) is 6.15. The summed E-state index contributed by atoms with van der Waals surface area (Å²) in [5, 5.41) is 9.43. The number of hydrogen-bond acceptors (Lipinski definition) is 3. The number of nitrogens with two attached hydrogens (primary N) is 1. The minimum Gasteiger partial charge on any atom is -0.326 e. The van der Waals surface area contributed by atoms with Gasteiger partial charge in [-0.05, 0) is 50.1 Å². The third-order valence-corrected chi connectivity index (χ3v) is 5.68. The van der Waals surface area contributed by atoms with E-state index in [-0.39, 0.29) is 18.0 Å². The smallest absolute Gasteiger partial charge is 0.287 e. The molecule has 0 saturated heterocycles. The zero-order chi connectivity index (χ0) is 22.5. The summed E-state index contributed by atoms with van der Waals surface area (Å²) in [6.07, 6.45) is 3.19. The van der Waals surface area contributed by atoms with Crippen molar-refractivity contribution in [3.05, 3.63) is 108 Å². The minimum atomic E-state index is -0.374. The first kappa shape index (κ1) is 21.5. The Morgan fingerprint density at radius 3 is 2.41 bits per heavy atom. The first-order valence-electron chi connectivity index (χ1n) is 10.7. The Balaban J connectivity index is 1.55. The summed E-state index contributed by atoms with van der Waals surface area (Å²) in [5.41, 5.74) is 6.08. The van der Waals surface area contributed by atoms with Crippen molar-refractivity contribution >= 4 is 11.6 Å². The number of quaternary nitrogens is 1. The number of nitrogens with one attached hydrogen (secondary N) is 1. The molecule has 6 nitrogen and oxygen atoms in total. The molecule has 3 N–H and O–H groups in total. The van der Waals surface area contributed by atoms with Crippen LogP contribution in [-0.4, -0.2) is 20.7 Å². The van der Waals surface area contributed by atoms with E-state index in [1.165, 1.54) is 6.33 Å². The van der Waals surface area contributed by atoms with Crippen molar-refractivity contribution in [2.45, 2.75) is 32.9 Å². The number of nitrogens with zero attached hydrogens (tertiary/aromatic N) is 3. The highest BCUT2D eigenvalue weighted by molar-refractivity contribution is 5.95. The van der Waals surface area contributed by atoms with Gasteiger partial charge < -0.3 is 10.6 Å². The third-order valence-electron chi connectivity index (χ3n) is 5.68. The second-order valence-corrected chi connectivity index (χ2v) is 8.11. The van der Waals surface area contributed by atoms with Gasteiger partial charge in [0.25, 0.3) is 5.91 Å². The molecule has 4 aromatic rings. The molecule has 0 aliphatic carbocycles. The van der Waals surface area contributed by atoms with Gasteiger partial charge in [0, 0.05) is 16.8 Å². The molecule has 3 aromatic carbocycles. The summed E-state index contributed by atoms with van der Waals surface area (Å²) >= 11 is 0. The molecule has 1 heterocycles. The van der Waals surface area contributed by atoms with Crippen molar-refractivity contribution in [3.8, 4) is 5.69 Å². The number of anilines is 1. The molecule has 0 bridgehead atoms. The number of benzene rings is 3.